The molecule has 5 heteroatoms. The van der Waals surface area contributed by atoms with E-state index in [0.29, 0.717) is 23.7 Å². The van der Waals surface area contributed by atoms with Crippen LogP contribution in [0.15, 0.2) is 29.6 Å². The minimum Gasteiger partial charge on any atom is -0.508 e. The number of hydrogen-bond donors (Lipinski definition) is 1. The molecule has 0 aliphatic carbocycles. The van der Waals surface area contributed by atoms with Gasteiger partial charge in [-0.05, 0) is 41.1 Å². The first-order valence-electron chi connectivity index (χ1n) is 6.40. The third kappa shape index (κ3) is 2.25. The summed E-state index contributed by atoms with van der Waals surface area (Å²) in [5.41, 5.74) is 2.21. The number of nitrogens with zero attached hydrogens (tertiary/aromatic N) is 1. The quantitative estimate of drug-likeness (QED) is 0.924. The fraction of sp³-hybridized carbons (Fsp3) is 0.267. The second-order valence-corrected chi connectivity index (χ2v) is 5.66. The van der Waals surface area contributed by atoms with E-state index in [1.807, 2.05) is 17.5 Å². The van der Waals surface area contributed by atoms with E-state index < -0.39 is 0 Å². The minimum absolute atomic E-state index is 0.00848. The molecule has 1 amide bonds. The van der Waals surface area contributed by atoms with E-state index >= 15 is 0 Å². The molecule has 0 atom stereocenters. The van der Waals surface area contributed by atoms with Crippen LogP contribution < -0.4 is 4.74 Å². The summed E-state index contributed by atoms with van der Waals surface area (Å²) in [6.07, 6.45) is 0.815. The van der Waals surface area contributed by atoms with Crippen molar-refractivity contribution in [3.63, 3.8) is 0 Å². The predicted molar refractivity (Wildman–Crippen MR) is 77.4 cm³/mol. The van der Waals surface area contributed by atoms with E-state index in [-0.39, 0.29) is 11.7 Å². The van der Waals surface area contributed by atoms with E-state index in [0.717, 1.165) is 12.0 Å². The molecule has 1 aliphatic heterocycles. The first-order chi connectivity index (χ1) is 9.69. The van der Waals surface area contributed by atoms with E-state index in [4.69, 9.17) is 4.74 Å². The lowest BCUT2D eigenvalue weighted by molar-refractivity contribution is 0.0736. The van der Waals surface area contributed by atoms with Crippen LogP contribution in [-0.4, -0.2) is 29.6 Å². The van der Waals surface area contributed by atoms with Gasteiger partial charge in [0.2, 0.25) is 0 Å². The molecule has 3 rings (SSSR count). The van der Waals surface area contributed by atoms with Gasteiger partial charge in [-0.1, -0.05) is 6.07 Å². The van der Waals surface area contributed by atoms with Crippen LogP contribution >= 0.6 is 11.3 Å². The van der Waals surface area contributed by atoms with Gasteiger partial charge in [0.05, 0.1) is 7.11 Å². The molecule has 0 fully saturated rings. The van der Waals surface area contributed by atoms with Crippen molar-refractivity contribution in [1.82, 2.24) is 4.90 Å². The summed E-state index contributed by atoms with van der Waals surface area (Å²) >= 11 is 1.39. The Bertz CT molecular complexity index is 650. The lowest BCUT2D eigenvalue weighted by Crippen LogP contribution is -2.35. The molecule has 0 saturated heterocycles. The summed E-state index contributed by atoms with van der Waals surface area (Å²) in [6.45, 7) is 1.22. The summed E-state index contributed by atoms with van der Waals surface area (Å²) in [4.78, 5) is 15.0. The molecule has 1 aromatic heterocycles. The molecule has 0 bridgehead atoms. The molecular formula is C15H15NO3S. The fourth-order valence-electron chi connectivity index (χ4n) is 2.47. The highest BCUT2D eigenvalue weighted by molar-refractivity contribution is 7.12. The molecule has 4 nitrogen and oxygen atoms in total. The number of ether oxygens (including phenoxy) is 1. The lowest BCUT2D eigenvalue weighted by atomic mass is 9.99. The molecule has 0 unspecified atom stereocenters. The van der Waals surface area contributed by atoms with Crippen molar-refractivity contribution in [2.75, 3.05) is 13.7 Å². The second-order valence-electron chi connectivity index (χ2n) is 4.75. The van der Waals surface area contributed by atoms with Crippen LogP contribution in [0.2, 0.25) is 0 Å². The van der Waals surface area contributed by atoms with Crippen molar-refractivity contribution < 1.29 is 14.6 Å². The Balaban J connectivity index is 1.85. The van der Waals surface area contributed by atoms with Gasteiger partial charge in [-0.15, -0.1) is 11.3 Å². The number of rotatable bonds is 2. The Kier molecular flexibility index (Phi) is 3.36. The van der Waals surface area contributed by atoms with E-state index in [9.17, 15) is 9.90 Å². The van der Waals surface area contributed by atoms with Gasteiger partial charge < -0.3 is 14.7 Å². The maximum Gasteiger partial charge on any atom is 0.268 e. The first kappa shape index (κ1) is 13.0. The number of methoxy groups -OCH3 is 1. The van der Waals surface area contributed by atoms with Crippen molar-refractivity contribution >= 4 is 17.2 Å². The van der Waals surface area contributed by atoms with Gasteiger partial charge in [0, 0.05) is 13.1 Å². The molecule has 0 spiro atoms. The molecule has 1 aromatic carbocycles. The van der Waals surface area contributed by atoms with Gasteiger partial charge in [0.1, 0.15) is 16.4 Å². The van der Waals surface area contributed by atoms with Crippen molar-refractivity contribution in [3.8, 4) is 11.5 Å². The Morgan fingerprint density at radius 1 is 1.35 bits per heavy atom. The first-order valence-corrected chi connectivity index (χ1v) is 7.28. The van der Waals surface area contributed by atoms with Crippen LogP contribution in [-0.2, 0) is 13.0 Å². The summed E-state index contributed by atoms with van der Waals surface area (Å²) in [7, 11) is 1.57. The highest BCUT2D eigenvalue weighted by atomic mass is 32.1. The number of fused-ring (bicyclic) bond motifs is 1. The molecule has 104 valence electrons. The van der Waals surface area contributed by atoms with Crippen molar-refractivity contribution in [2.24, 2.45) is 0 Å². The fourth-order valence-corrected chi connectivity index (χ4v) is 3.30. The number of phenols is 1. The lowest BCUT2D eigenvalue weighted by Gasteiger charge is -2.28. The zero-order valence-electron chi connectivity index (χ0n) is 11.1. The number of hydrogen-bond acceptors (Lipinski definition) is 4. The molecule has 2 heterocycles. The molecule has 2 aromatic rings. The van der Waals surface area contributed by atoms with E-state index in [1.54, 1.807) is 24.1 Å². The van der Waals surface area contributed by atoms with Crippen LogP contribution in [0.1, 0.15) is 20.8 Å². The SMILES string of the molecule is COc1ccsc1C(=O)N1CCc2ccc(O)cc2C1. The number of carbonyl (C=O) groups excluding carboxylic acids is 1. The van der Waals surface area contributed by atoms with Crippen LogP contribution in [0.5, 0.6) is 11.5 Å². The van der Waals surface area contributed by atoms with Gasteiger partial charge in [-0.3, -0.25) is 4.79 Å². The number of carbonyl (C=O) groups is 1. The maximum absolute atomic E-state index is 12.5. The van der Waals surface area contributed by atoms with E-state index in [1.165, 1.54) is 16.9 Å². The van der Waals surface area contributed by atoms with Crippen LogP contribution in [0, 0.1) is 0 Å². The number of phenolic OH excluding ortho intramolecular Hbond substituents is 1. The van der Waals surface area contributed by atoms with Crippen molar-refractivity contribution in [2.45, 2.75) is 13.0 Å². The highest BCUT2D eigenvalue weighted by Crippen LogP contribution is 2.29. The topological polar surface area (TPSA) is 49.8 Å². The molecule has 1 N–H and O–H groups in total. The minimum atomic E-state index is -0.00848. The summed E-state index contributed by atoms with van der Waals surface area (Å²) in [5.74, 6) is 0.860. The average Bonchev–Trinajstić information content (AvgIpc) is 2.94. The molecule has 20 heavy (non-hydrogen) atoms. The second kappa shape index (κ2) is 5.17. The zero-order valence-corrected chi connectivity index (χ0v) is 11.9. The summed E-state index contributed by atoms with van der Waals surface area (Å²) < 4.78 is 5.21. The van der Waals surface area contributed by atoms with Crippen molar-refractivity contribution in [1.29, 1.82) is 0 Å². The Morgan fingerprint density at radius 3 is 3.00 bits per heavy atom. The molecule has 0 radical (unpaired) electrons. The Morgan fingerprint density at radius 2 is 2.20 bits per heavy atom. The number of thiophene rings is 1. The third-order valence-corrected chi connectivity index (χ3v) is 4.42. The van der Waals surface area contributed by atoms with E-state index in [2.05, 4.69) is 0 Å². The number of benzene rings is 1. The predicted octanol–water partition coefficient (Wildman–Crippen LogP) is 2.66. The molecule has 0 saturated carbocycles. The standard InChI is InChI=1S/C15H15NO3S/c1-19-13-5-7-20-14(13)15(18)16-6-4-10-2-3-12(17)8-11(10)9-16/h2-3,5,7-8,17H,4,6,9H2,1H3. The van der Waals surface area contributed by atoms with Gasteiger partial charge in [0.25, 0.3) is 5.91 Å². The van der Waals surface area contributed by atoms with Crippen LogP contribution in [0.4, 0.5) is 0 Å². The van der Waals surface area contributed by atoms with Gasteiger partial charge in [0.15, 0.2) is 0 Å². The summed E-state index contributed by atoms with van der Waals surface area (Å²) in [5, 5.41) is 11.4. The molecule has 1 aliphatic rings. The third-order valence-electron chi connectivity index (χ3n) is 3.53. The smallest absolute Gasteiger partial charge is 0.268 e. The van der Waals surface area contributed by atoms with Gasteiger partial charge in [-0.2, -0.15) is 0 Å². The summed E-state index contributed by atoms with van der Waals surface area (Å²) in [6, 6.07) is 7.17. The normalized spacial score (nSPS) is 13.9. The largest absolute Gasteiger partial charge is 0.508 e. The van der Waals surface area contributed by atoms with Crippen molar-refractivity contribution in [3.05, 3.63) is 45.6 Å². The van der Waals surface area contributed by atoms with Crippen LogP contribution in [0.25, 0.3) is 0 Å². The van der Waals surface area contributed by atoms with Crippen LogP contribution in [0.3, 0.4) is 0 Å². The average molecular weight is 289 g/mol. The highest BCUT2D eigenvalue weighted by Gasteiger charge is 2.25. The van der Waals surface area contributed by atoms with Gasteiger partial charge >= 0.3 is 0 Å². The monoisotopic (exact) mass is 289 g/mol. The zero-order chi connectivity index (χ0) is 14.1. The number of amides is 1. The Labute approximate surface area is 121 Å². The molecular weight excluding hydrogens is 274 g/mol. The number of aromatic hydroxyl groups is 1. The Hall–Kier alpha value is -2.01. The maximum atomic E-state index is 12.5. The van der Waals surface area contributed by atoms with Gasteiger partial charge in [-0.25, -0.2) is 0 Å².